The zero-order valence-electron chi connectivity index (χ0n) is 12.4. The van der Waals surface area contributed by atoms with Crippen molar-refractivity contribution in [3.63, 3.8) is 0 Å². The second kappa shape index (κ2) is 9.08. The first-order valence-corrected chi connectivity index (χ1v) is 8.57. The van der Waals surface area contributed by atoms with Crippen LogP contribution in [0.25, 0.3) is 0 Å². The van der Waals surface area contributed by atoms with Crippen LogP contribution in [-0.2, 0) is 13.3 Å². The first kappa shape index (κ1) is 17.1. The average molecular weight is 262 g/mol. The van der Waals surface area contributed by atoms with Crippen LogP contribution >= 0.6 is 0 Å². The normalized spacial score (nSPS) is 15.9. The lowest BCUT2D eigenvalue weighted by atomic mass is 9.96. The Labute approximate surface area is 108 Å². The zero-order valence-corrected chi connectivity index (χ0v) is 13.4. The highest BCUT2D eigenvalue weighted by Gasteiger charge is 2.47. The summed E-state index contributed by atoms with van der Waals surface area (Å²) >= 11 is 0. The fourth-order valence-corrected chi connectivity index (χ4v) is 5.16. The van der Waals surface area contributed by atoms with Crippen LogP contribution in [0.15, 0.2) is 0 Å². The predicted octanol–water partition coefficient (Wildman–Crippen LogP) is 3.86. The molecular weight excluding hydrogens is 232 g/mol. The van der Waals surface area contributed by atoms with E-state index in [1.807, 2.05) is 0 Å². The molecule has 0 bridgehead atoms. The summed E-state index contributed by atoms with van der Waals surface area (Å²) in [6.45, 7) is 6.69. The van der Waals surface area contributed by atoms with Crippen molar-refractivity contribution in [3.8, 4) is 0 Å². The SMILES string of the molecule is CCCCCC(CC)C(C)[Si](OC)(OC)OC. The summed E-state index contributed by atoms with van der Waals surface area (Å²) in [6.07, 6.45) is 6.28. The van der Waals surface area contributed by atoms with Crippen LogP contribution in [-0.4, -0.2) is 30.1 Å². The molecule has 0 radical (unpaired) electrons. The van der Waals surface area contributed by atoms with Gasteiger partial charge in [-0.2, -0.15) is 0 Å². The Morgan fingerprint density at radius 2 is 1.47 bits per heavy atom. The van der Waals surface area contributed by atoms with Gasteiger partial charge >= 0.3 is 8.80 Å². The highest BCUT2D eigenvalue weighted by atomic mass is 28.4. The van der Waals surface area contributed by atoms with Crippen molar-refractivity contribution in [2.24, 2.45) is 5.92 Å². The van der Waals surface area contributed by atoms with E-state index >= 15 is 0 Å². The van der Waals surface area contributed by atoms with Gasteiger partial charge in [-0.05, 0) is 5.92 Å². The van der Waals surface area contributed by atoms with Crippen LogP contribution < -0.4 is 0 Å². The fraction of sp³-hybridized carbons (Fsp3) is 1.00. The van der Waals surface area contributed by atoms with Gasteiger partial charge in [0.05, 0.1) is 0 Å². The maximum absolute atomic E-state index is 5.58. The van der Waals surface area contributed by atoms with Gasteiger partial charge in [-0.3, -0.25) is 0 Å². The lowest BCUT2D eigenvalue weighted by Gasteiger charge is -2.34. The Kier molecular flexibility index (Phi) is 9.14. The third-order valence-electron chi connectivity index (χ3n) is 3.82. The summed E-state index contributed by atoms with van der Waals surface area (Å²) in [5, 5.41) is 0. The molecule has 17 heavy (non-hydrogen) atoms. The van der Waals surface area contributed by atoms with Gasteiger partial charge < -0.3 is 13.3 Å². The summed E-state index contributed by atoms with van der Waals surface area (Å²) in [6, 6.07) is 0. The molecule has 0 spiro atoms. The molecule has 2 unspecified atom stereocenters. The van der Waals surface area contributed by atoms with E-state index in [4.69, 9.17) is 13.3 Å². The molecule has 0 heterocycles. The van der Waals surface area contributed by atoms with E-state index in [-0.39, 0.29) is 0 Å². The van der Waals surface area contributed by atoms with Gasteiger partial charge in [0.2, 0.25) is 0 Å². The largest absolute Gasteiger partial charge is 0.503 e. The molecule has 0 rings (SSSR count). The highest BCUT2D eigenvalue weighted by Crippen LogP contribution is 2.36. The van der Waals surface area contributed by atoms with Gasteiger partial charge in [-0.25, -0.2) is 0 Å². The molecule has 104 valence electrons. The maximum Gasteiger partial charge on any atom is 0.503 e. The number of rotatable bonds is 10. The Morgan fingerprint density at radius 3 is 1.82 bits per heavy atom. The van der Waals surface area contributed by atoms with Crippen LogP contribution in [0.1, 0.15) is 52.9 Å². The highest BCUT2D eigenvalue weighted by molar-refractivity contribution is 6.62. The average Bonchev–Trinajstić information content (AvgIpc) is 2.37. The molecule has 0 fully saturated rings. The Morgan fingerprint density at radius 1 is 0.941 bits per heavy atom. The quantitative estimate of drug-likeness (QED) is 0.442. The van der Waals surface area contributed by atoms with Gasteiger partial charge in [0.1, 0.15) is 0 Å². The molecule has 3 nitrogen and oxygen atoms in total. The van der Waals surface area contributed by atoms with Crippen molar-refractivity contribution >= 4 is 8.80 Å². The van der Waals surface area contributed by atoms with E-state index in [0.717, 1.165) is 6.42 Å². The minimum atomic E-state index is -2.47. The van der Waals surface area contributed by atoms with Crippen LogP contribution in [0.5, 0.6) is 0 Å². The number of hydrogen-bond donors (Lipinski definition) is 0. The van der Waals surface area contributed by atoms with Gasteiger partial charge in [-0.15, -0.1) is 0 Å². The van der Waals surface area contributed by atoms with Crippen molar-refractivity contribution in [2.45, 2.75) is 58.4 Å². The number of unbranched alkanes of at least 4 members (excludes halogenated alkanes) is 2. The molecule has 0 amide bonds. The monoisotopic (exact) mass is 262 g/mol. The van der Waals surface area contributed by atoms with Gasteiger partial charge in [0.15, 0.2) is 0 Å². The summed E-state index contributed by atoms with van der Waals surface area (Å²) in [7, 11) is 2.64. The van der Waals surface area contributed by atoms with Crippen molar-refractivity contribution in [1.29, 1.82) is 0 Å². The predicted molar refractivity (Wildman–Crippen MR) is 74.1 cm³/mol. The minimum absolute atomic E-state index is 0.365. The van der Waals surface area contributed by atoms with E-state index in [0.29, 0.717) is 11.5 Å². The first-order chi connectivity index (χ1) is 8.11. The topological polar surface area (TPSA) is 27.7 Å². The minimum Gasteiger partial charge on any atom is -0.377 e. The van der Waals surface area contributed by atoms with Crippen LogP contribution in [0.3, 0.4) is 0 Å². The third kappa shape index (κ3) is 4.70. The van der Waals surface area contributed by atoms with Crippen LogP contribution in [0.2, 0.25) is 5.54 Å². The molecule has 2 atom stereocenters. The Bertz CT molecular complexity index is 175. The van der Waals surface area contributed by atoms with Crippen molar-refractivity contribution in [1.82, 2.24) is 0 Å². The molecule has 0 saturated heterocycles. The molecule has 4 heteroatoms. The molecule has 0 aliphatic carbocycles. The summed E-state index contributed by atoms with van der Waals surface area (Å²) in [4.78, 5) is 0. The number of hydrogen-bond acceptors (Lipinski definition) is 3. The zero-order chi connectivity index (χ0) is 13.3. The lowest BCUT2D eigenvalue weighted by molar-refractivity contribution is 0.102. The molecule has 0 aromatic heterocycles. The Hall–Kier alpha value is 0.0969. The van der Waals surface area contributed by atoms with E-state index in [2.05, 4.69) is 20.8 Å². The smallest absolute Gasteiger partial charge is 0.377 e. The van der Waals surface area contributed by atoms with Gasteiger partial charge in [0, 0.05) is 26.9 Å². The van der Waals surface area contributed by atoms with Crippen molar-refractivity contribution in [2.75, 3.05) is 21.3 Å². The van der Waals surface area contributed by atoms with E-state index in [1.54, 1.807) is 21.3 Å². The van der Waals surface area contributed by atoms with Crippen LogP contribution in [0, 0.1) is 5.92 Å². The van der Waals surface area contributed by atoms with Gasteiger partial charge in [-0.1, -0.05) is 52.9 Å². The second-order valence-electron chi connectivity index (χ2n) is 4.67. The Balaban J connectivity index is 4.52. The van der Waals surface area contributed by atoms with E-state index < -0.39 is 8.80 Å². The molecule has 0 saturated carbocycles. The van der Waals surface area contributed by atoms with Crippen molar-refractivity contribution < 1.29 is 13.3 Å². The lowest BCUT2D eigenvalue weighted by Crippen LogP contribution is -2.49. The molecule has 0 N–H and O–H groups in total. The van der Waals surface area contributed by atoms with E-state index in [9.17, 15) is 0 Å². The summed E-state index contributed by atoms with van der Waals surface area (Å²) < 4.78 is 16.7. The molecule has 0 aromatic rings. The maximum atomic E-state index is 5.58. The molecule has 0 aromatic carbocycles. The standard InChI is InChI=1S/C13H30O3Si/c1-7-9-10-11-13(8-2)12(3)17(14-4,15-5)16-6/h12-13H,7-11H2,1-6H3. The summed E-state index contributed by atoms with van der Waals surface area (Å²) in [5.41, 5.74) is 0.365. The fourth-order valence-electron chi connectivity index (χ4n) is 2.56. The first-order valence-electron chi connectivity index (χ1n) is 6.77. The van der Waals surface area contributed by atoms with Crippen molar-refractivity contribution in [3.05, 3.63) is 0 Å². The second-order valence-corrected chi connectivity index (χ2v) is 8.01. The molecule has 0 aliphatic heterocycles. The van der Waals surface area contributed by atoms with E-state index in [1.165, 1.54) is 25.7 Å². The van der Waals surface area contributed by atoms with Gasteiger partial charge in [0.25, 0.3) is 0 Å². The molecular formula is C13H30O3Si. The summed E-state index contributed by atoms with van der Waals surface area (Å²) in [5.74, 6) is 0.632. The third-order valence-corrected chi connectivity index (χ3v) is 7.12. The van der Waals surface area contributed by atoms with Crippen LogP contribution in [0.4, 0.5) is 0 Å². The molecule has 0 aliphatic rings.